The number of hydrogen-bond acceptors (Lipinski definition) is 3. The molecule has 0 saturated carbocycles. The Morgan fingerprint density at radius 2 is 2.13 bits per heavy atom. The van der Waals surface area contributed by atoms with Gasteiger partial charge in [0.05, 0.1) is 6.61 Å². The Hall–Kier alpha value is -0.610. The van der Waals surface area contributed by atoms with E-state index in [1.807, 2.05) is 0 Å². The first-order chi connectivity index (χ1) is 6.92. The van der Waals surface area contributed by atoms with Gasteiger partial charge in [-0.25, -0.2) is 0 Å². The van der Waals surface area contributed by atoms with Crippen LogP contribution in [0.1, 0.15) is 33.6 Å². The SMILES string of the molecule is COCC(C)(NCCCC(C)C)C(=O)O. The Kier molecular flexibility index (Phi) is 6.52. The minimum atomic E-state index is -0.967. The molecule has 0 aromatic carbocycles. The van der Waals surface area contributed by atoms with Gasteiger partial charge in [0, 0.05) is 7.11 Å². The van der Waals surface area contributed by atoms with E-state index in [9.17, 15) is 4.79 Å². The Balaban J connectivity index is 3.92. The second-order valence-electron chi connectivity index (χ2n) is 4.53. The Bertz CT molecular complexity index is 194. The minimum Gasteiger partial charge on any atom is -0.480 e. The predicted octanol–water partition coefficient (Wildman–Crippen LogP) is 1.50. The fourth-order valence-electron chi connectivity index (χ4n) is 1.35. The van der Waals surface area contributed by atoms with Crippen molar-refractivity contribution in [1.82, 2.24) is 5.32 Å². The highest BCUT2D eigenvalue weighted by molar-refractivity contribution is 5.78. The fourth-order valence-corrected chi connectivity index (χ4v) is 1.35. The largest absolute Gasteiger partial charge is 0.480 e. The molecule has 1 atom stereocenters. The van der Waals surface area contributed by atoms with Crippen LogP contribution in [0, 0.1) is 5.92 Å². The highest BCUT2D eigenvalue weighted by Crippen LogP contribution is 2.07. The number of methoxy groups -OCH3 is 1. The first kappa shape index (κ1) is 14.4. The molecule has 4 nitrogen and oxygen atoms in total. The third-order valence-corrected chi connectivity index (χ3v) is 2.38. The maximum atomic E-state index is 11.0. The first-order valence-corrected chi connectivity index (χ1v) is 5.39. The summed E-state index contributed by atoms with van der Waals surface area (Å²) in [5, 5.41) is 12.1. The van der Waals surface area contributed by atoms with E-state index in [0.717, 1.165) is 12.8 Å². The van der Waals surface area contributed by atoms with E-state index in [4.69, 9.17) is 9.84 Å². The van der Waals surface area contributed by atoms with Crippen molar-refractivity contribution in [3.63, 3.8) is 0 Å². The average Bonchev–Trinajstić information content (AvgIpc) is 2.12. The lowest BCUT2D eigenvalue weighted by Gasteiger charge is -2.25. The molecule has 0 spiro atoms. The normalized spacial score (nSPS) is 15.3. The van der Waals surface area contributed by atoms with Crippen molar-refractivity contribution in [1.29, 1.82) is 0 Å². The van der Waals surface area contributed by atoms with Crippen LogP contribution in [0.25, 0.3) is 0 Å². The minimum absolute atomic E-state index is 0.185. The molecule has 0 aliphatic carbocycles. The van der Waals surface area contributed by atoms with Gasteiger partial charge in [0.25, 0.3) is 0 Å². The van der Waals surface area contributed by atoms with Crippen molar-refractivity contribution in [3.05, 3.63) is 0 Å². The van der Waals surface area contributed by atoms with Crippen molar-refractivity contribution < 1.29 is 14.6 Å². The van der Waals surface area contributed by atoms with Gasteiger partial charge in [-0.1, -0.05) is 13.8 Å². The van der Waals surface area contributed by atoms with E-state index in [1.54, 1.807) is 6.92 Å². The molecule has 1 unspecified atom stereocenters. The molecule has 0 bridgehead atoms. The molecule has 0 aromatic heterocycles. The molecular weight excluding hydrogens is 194 g/mol. The summed E-state index contributed by atoms with van der Waals surface area (Å²) in [5.74, 6) is -0.209. The van der Waals surface area contributed by atoms with Gasteiger partial charge in [-0.05, 0) is 32.2 Å². The van der Waals surface area contributed by atoms with E-state index in [0.29, 0.717) is 12.5 Å². The zero-order valence-corrected chi connectivity index (χ0v) is 10.2. The zero-order valence-electron chi connectivity index (χ0n) is 10.2. The van der Waals surface area contributed by atoms with Gasteiger partial charge in [-0.15, -0.1) is 0 Å². The van der Waals surface area contributed by atoms with E-state index in [2.05, 4.69) is 19.2 Å². The molecule has 15 heavy (non-hydrogen) atoms. The summed E-state index contributed by atoms with van der Waals surface area (Å²) in [6, 6.07) is 0. The van der Waals surface area contributed by atoms with Crippen molar-refractivity contribution in [2.24, 2.45) is 5.92 Å². The molecule has 0 saturated heterocycles. The van der Waals surface area contributed by atoms with E-state index in [1.165, 1.54) is 7.11 Å². The quantitative estimate of drug-likeness (QED) is 0.605. The molecule has 0 heterocycles. The van der Waals surface area contributed by atoms with Crippen LogP contribution in [0.2, 0.25) is 0 Å². The number of carboxylic acids is 1. The molecule has 0 radical (unpaired) electrons. The monoisotopic (exact) mass is 217 g/mol. The second-order valence-corrected chi connectivity index (χ2v) is 4.53. The third-order valence-electron chi connectivity index (χ3n) is 2.38. The summed E-state index contributed by atoms with van der Waals surface area (Å²) in [6.45, 7) is 6.86. The number of carboxylic acid groups (broad SMARTS) is 1. The Morgan fingerprint density at radius 3 is 2.53 bits per heavy atom. The molecule has 0 fully saturated rings. The first-order valence-electron chi connectivity index (χ1n) is 5.39. The van der Waals surface area contributed by atoms with E-state index < -0.39 is 11.5 Å². The van der Waals surface area contributed by atoms with Crippen molar-refractivity contribution >= 4 is 5.97 Å². The number of aliphatic carboxylic acids is 1. The van der Waals surface area contributed by atoms with E-state index >= 15 is 0 Å². The number of nitrogens with one attached hydrogen (secondary N) is 1. The average molecular weight is 217 g/mol. The third kappa shape index (κ3) is 5.74. The van der Waals surface area contributed by atoms with Gasteiger partial charge in [0.15, 0.2) is 0 Å². The molecule has 0 aromatic rings. The van der Waals surface area contributed by atoms with Gasteiger partial charge in [-0.2, -0.15) is 0 Å². The number of rotatable bonds is 8. The lowest BCUT2D eigenvalue weighted by molar-refractivity contribution is -0.146. The highest BCUT2D eigenvalue weighted by atomic mass is 16.5. The molecule has 0 aliphatic heterocycles. The molecule has 2 N–H and O–H groups in total. The summed E-state index contributed by atoms with van der Waals surface area (Å²) in [6.07, 6.45) is 2.10. The fraction of sp³-hybridized carbons (Fsp3) is 0.909. The van der Waals surface area contributed by atoms with Crippen LogP contribution in [0.5, 0.6) is 0 Å². The van der Waals surface area contributed by atoms with Crippen LogP contribution >= 0.6 is 0 Å². The van der Waals surface area contributed by atoms with Crippen LogP contribution in [-0.4, -0.2) is 36.9 Å². The smallest absolute Gasteiger partial charge is 0.326 e. The van der Waals surface area contributed by atoms with Crippen LogP contribution in [0.3, 0.4) is 0 Å². The van der Waals surface area contributed by atoms with Gasteiger partial charge < -0.3 is 15.2 Å². The lowest BCUT2D eigenvalue weighted by Crippen LogP contribution is -2.53. The maximum Gasteiger partial charge on any atom is 0.326 e. The zero-order chi connectivity index (χ0) is 11.9. The summed E-state index contributed by atoms with van der Waals surface area (Å²) < 4.78 is 4.90. The van der Waals surface area contributed by atoms with Crippen molar-refractivity contribution in [2.75, 3.05) is 20.3 Å². The summed E-state index contributed by atoms with van der Waals surface area (Å²) in [4.78, 5) is 11.0. The predicted molar refractivity (Wildman–Crippen MR) is 60.0 cm³/mol. The molecule has 0 rings (SSSR count). The van der Waals surface area contributed by atoms with Crippen LogP contribution in [-0.2, 0) is 9.53 Å². The van der Waals surface area contributed by atoms with Gasteiger partial charge in [0.1, 0.15) is 5.54 Å². The molecule has 0 aliphatic rings. The Morgan fingerprint density at radius 1 is 1.53 bits per heavy atom. The summed E-state index contributed by atoms with van der Waals surface area (Å²) >= 11 is 0. The Labute approximate surface area is 92.0 Å². The molecule has 4 heteroatoms. The summed E-state index contributed by atoms with van der Waals surface area (Å²) in [5.41, 5.74) is -0.967. The molecule has 0 amide bonds. The topological polar surface area (TPSA) is 58.6 Å². The van der Waals surface area contributed by atoms with Crippen LogP contribution in [0.4, 0.5) is 0 Å². The molecule has 90 valence electrons. The number of hydrogen-bond donors (Lipinski definition) is 2. The standard InChI is InChI=1S/C11H23NO3/c1-9(2)6-5-7-12-11(3,8-15-4)10(13)14/h9,12H,5-8H2,1-4H3,(H,13,14). The highest BCUT2D eigenvalue weighted by Gasteiger charge is 2.32. The lowest BCUT2D eigenvalue weighted by atomic mass is 10.0. The molecular formula is C11H23NO3. The second kappa shape index (κ2) is 6.80. The summed E-state index contributed by atoms with van der Waals surface area (Å²) in [7, 11) is 1.51. The van der Waals surface area contributed by atoms with Crippen molar-refractivity contribution in [3.8, 4) is 0 Å². The van der Waals surface area contributed by atoms with Gasteiger partial charge >= 0.3 is 5.97 Å². The van der Waals surface area contributed by atoms with Gasteiger partial charge in [-0.3, -0.25) is 4.79 Å². The van der Waals surface area contributed by atoms with Crippen LogP contribution < -0.4 is 5.32 Å². The number of ether oxygens (including phenoxy) is 1. The van der Waals surface area contributed by atoms with Crippen LogP contribution in [0.15, 0.2) is 0 Å². The van der Waals surface area contributed by atoms with Crippen molar-refractivity contribution in [2.45, 2.75) is 39.2 Å². The maximum absolute atomic E-state index is 11.0. The van der Waals surface area contributed by atoms with Gasteiger partial charge in [0.2, 0.25) is 0 Å². The van der Waals surface area contributed by atoms with E-state index in [-0.39, 0.29) is 6.61 Å². The number of carbonyl (C=O) groups is 1.